The molecule has 1 amide bonds. The number of anilines is 1. The Morgan fingerprint density at radius 3 is 2.63 bits per heavy atom. The van der Waals surface area contributed by atoms with Gasteiger partial charge in [-0.2, -0.15) is 17.0 Å². The summed E-state index contributed by atoms with van der Waals surface area (Å²) >= 11 is 1.93. The van der Waals surface area contributed by atoms with E-state index in [1.54, 1.807) is 24.3 Å². The number of carbonyl (C=O) groups excluding carboxylic acids is 1. The predicted molar refractivity (Wildman–Crippen MR) is 79.1 cm³/mol. The molecule has 3 nitrogen and oxygen atoms in total. The van der Waals surface area contributed by atoms with Crippen molar-refractivity contribution in [3.05, 3.63) is 29.8 Å². The lowest BCUT2D eigenvalue weighted by Crippen LogP contribution is -2.12. The predicted octanol–water partition coefficient (Wildman–Crippen LogP) is 3.56. The van der Waals surface area contributed by atoms with Crippen molar-refractivity contribution < 1.29 is 4.79 Å². The number of hydrogen-bond acceptors (Lipinski definition) is 3. The molecule has 100 valence electrons. The average Bonchev–Trinajstić information content (AvgIpc) is 2.93. The van der Waals surface area contributed by atoms with Crippen LogP contribution in [0.5, 0.6) is 0 Å². The van der Waals surface area contributed by atoms with Crippen LogP contribution in [0.25, 0.3) is 0 Å². The molecule has 1 fully saturated rings. The summed E-state index contributed by atoms with van der Waals surface area (Å²) in [6.45, 7) is 0. The van der Waals surface area contributed by atoms with Crippen molar-refractivity contribution >= 4 is 23.4 Å². The van der Waals surface area contributed by atoms with E-state index < -0.39 is 0 Å². The third kappa shape index (κ3) is 4.60. The van der Waals surface area contributed by atoms with Crippen molar-refractivity contribution in [2.24, 2.45) is 0 Å². The highest BCUT2D eigenvalue weighted by molar-refractivity contribution is 7.99. The zero-order valence-electron chi connectivity index (χ0n) is 10.9. The Hall–Kier alpha value is -1.47. The molecule has 1 aromatic rings. The van der Waals surface area contributed by atoms with Crippen molar-refractivity contribution in [2.45, 2.75) is 37.4 Å². The number of hydrogen-bond donors (Lipinski definition) is 1. The molecule has 0 saturated heterocycles. The summed E-state index contributed by atoms with van der Waals surface area (Å²) < 4.78 is 0. The van der Waals surface area contributed by atoms with Gasteiger partial charge in [0.15, 0.2) is 0 Å². The SMILES string of the molecule is N#Cc1ccc(NC(=O)CCSC2CCCC2)cc1. The normalized spacial score (nSPS) is 15.1. The van der Waals surface area contributed by atoms with Crippen LogP contribution in [0, 0.1) is 11.3 Å². The van der Waals surface area contributed by atoms with E-state index in [-0.39, 0.29) is 5.91 Å². The lowest BCUT2D eigenvalue weighted by molar-refractivity contribution is -0.115. The fourth-order valence-electron chi connectivity index (χ4n) is 2.22. The van der Waals surface area contributed by atoms with Gasteiger partial charge in [0.05, 0.1) is 11.6 Å². The minimum atomic E-state index is 0.0511. The Morgan fingerprint density at radius 2 is 2.00 bits per heavy atom. The van der Waals surface area contributed by atoms with Gasteiger partial charge >= 0.3 is 0 Å². The molecule has 0 heterocycles. The van der Waals surface area contributed by atoms with E-state index in [0.717, 1.165) is 16.7 Å². The lowest BCUT2D eigenvalue weighted by atomic mass is 10.2. The van der Waals surface area contributed by atoms with Gasteiger partial charge in [0.25, 0.3) is 0 Å². The first-order chi connectivity index (χ1) is 9.28. The molecular formula is C15H18N2OS. The fourth-order valence-corrected chi connectivity index (χ4v) is 3.53. The van der Waals surface area contributed by atoms with Gasteiger partial charge in [-0.15, -0.1) is 0 Å². The van der Waals surface area contributed by atoms with E-state index in [0.29, 0.717) is 12.0 Å². The van der Waals surface area contributed by atoms with Crippen molar-refractivity contribution in [1.29, 1.82) is 5.26 Å². The molecule has 1 saturated carbocycles. The van der Waals surface area contributed by atoms with Crippen LogP contribution in [0.2, 0.25) is 0 Å². The Morgan fingerprint density at radius 1 is 1.32 bits per heavy atom. The number of nitrogens with zero attached hydrogens (tertiary/aromatic N) is 1. The smallest absolute Gasteiger partial charge is 0.225 e. The monoisotopic (exact) mass is 274 g/mol. The second-order valence-electron chi connectivity index (χ2n) is 4.76. The topological polar surface area (TPSA) is 52.9 Å². The molecule has 0 aliphatic heterocycles. The van der Waals surface area contributed by atoms with E-state index in [1.165, 1.54) is 25.7 Å². The Balaban J connectivity index is 1.69. The quantitative estimate of drug-likeness (QED) is 0.893. The molecule has 0 atom stereocenters. The number of rotatable bonds is 5. The molecule has 1 aromatic carbocycles. The van der Waals surface area contributed by atoms with E-state index in [9.17, 15) is 4.79 Å². The van der Waals surface area contributed by atoms with Gasteiger partial charge in [-0.1, -0.05) is 12.8 Å². The highest BCUT2D eigenvalue weighted by atomic mass is 32.2. The molecule has 0 radical (unpaired) electrons. The van der Waals surface area contributed by atoms with Gasteiger partial charge in [0, 0.05) is 23.1 Å². The average molecular weight is 274 g/mol. The van der Waals surface area contributed by atoms with Gasteiger partial charge < -0.3 is 5.32 Å². The summed E-state index contributed by atoms with van der Waals surface area (Å²) in [5, 5.41) is 12.3. The van der Waals surface area contributed by atoms with Crippen LogP contribution in [0.3, 0.4) is 0 Å². The molecule has 1 N–H and O–H groups in total. The zero-order valence-corrected chi connectivity index (χ0v) is 11.7. The first-order valence-corrected chi connectivity index (χ1v) is 7.74. The number of thioether (sulfide) groups is 1. The van der Waals surface area contributed by atoms with Crippen molar-refractivity contribution in [1.82, 2.24) is 0 Å². The second-order valence-corrected chi connectivity index (χ2v) is 6.17. The standard InChI is InChI=1S/C15H18N2OS/c16-11-12-5-7-13(8-6-12)17-15(18)9-10-19-14-3-1-2-4-14/h5-8,14H,1-4,9-10H2,(H,17,18). The molecule has 1 aliphatic carbocycles. The van der Waals surface area contributed by atoms with Gasteiger partial charge in [0.2, 0.25) is 5.91 Å². The molecular weight excluding hydrogens is 256 g/mol. The van der Waals surface area contributed by atoms with Crippen LogP contribution in [0.1, 0.15) is 37.7 Å². The van der Waals surface area contributed by atoms with Crippen LogP contribution in [-0.2, 0) is 4.79 Å². The van der Waals surface area contributed by atoms with Gasteiger partial charge in [0.1, 0.15) is 0 Å². The molecule has 0 spiro atoms. The molecule has 0 aromatic heterocycles. The molecule has 1 aliphatic rings. The van der Waals surface area contributed by atoms with Crippen LogP contribution in [-0.4, -0.2) is 16.9 Å². The maximum atomic E-state index is 11.8. The van der Waals surface area contributed by atoms with E-state index >= 15 is 0 Å². The molecule has 4 heteroatoms. The minimum Gasteiger partial charge on any atom is -0.326 e. The number of nitrogens with one attached hydrogen (secondary N) is 1. The third-order valence-electron chi connectivity index (χ3n) is 3.28. The van der Waals surface area contributed by atoms with E-state index in [4.69, 9.17) is 5.26 Å². The Labute approximate surface area is 118 Å². The maximum Gasteiger partial charge on any atom is 0.225 e. The van der Waals surface area contributed by atoms with Gasteiger partial charge in [-0.05, 0) is 37.1 Å². The lowest BCUT2D eigenvalue weighted by Gasteiger charge is -2.08. The zero-order chi connectivity index (χ0) is 13.5. The molecule has 19 heavy (non-hydrogen) atoms. The van der Waals surface area contributed by atoms with Crippen LogP contribution in [0.4, 0.5) is 5.69 Å². The molecule has 0 bridgehead atoms. The Bertz CT molecular complexity index is 458. The van der Waals surface area contributed by atoms with E-state index in [1.807, 2.05) is 11.8 Å². The number of amides is 1. The summed E-state index contributed by atoms with van der Waals surface area (Å²) in [5.74, 6) is 0.947. The molecule has 0 unspecified atom stereocenters. The van der Waals surface area contributed by atoms with Gasteiger partial charge in [-0.3, -0.25) is 4.79 Å². The van der Waals surface area contributed by atoms with Crippen LogP contribution < -0.4 is 5.32 Å². The van der Waals surface area contributed by atoms with Crippen molar-refractivity contribution in [3.8, 4) is 6.07 Å². The number of nitriles is 1. The Kier molecular flexibility index (Phi) is 5.29. The van der Waals surface area contributed by atoms with Crippen LogP contribution in [0.15, 0.2) is 24.3 Å². The summed E-state index contributed by atoms with van der Waals surface area (Å²) in [6, 6.07) is 9.01. The fraction of sp³-hybridized carbons (Fsp3) is 0.467. The summed E-state index contributed by atoms with van der Waals surface area (Å²) in [7, 11) is 0. The number of benzene rings is 1. The van der Waals surface area contributed by atoms with Crippen molar-refractivity contribution in [3.63, 3.8) is 0 Å². The number of carbonyl (C=O) groups is 1. The minimum absolute atomic E-state index is 0.0511. The maximum absolute atomic E-state index is 11.8. The summed E-state index contributed by atoms with van der Waals surface area (Å²) in [6.07, 6.45) is 5.86. The highest BCUT2D eigenvalue weighted by Crippen LogP contribution is 2.29. The first kappa shape index (κ1) is 14.0. The van der Waals surface area contributed by atoms with E-state index in [2.05, 4.69) is 11.4 Å². The molecule has 2 rings (SSSR count). The second kappa shape index (κ2) is 7.20. The third-order valence-corrected chi connectivity index (χ3v) is 4.67. The summed E-state index contributed by atoms with van der Waals surface area (Å²) in [5.41, 5.74) is 1.37. The van der Waals surface area contributed by atoms with Crippen LogP contribution >= 0.6 is 11.8 Å². The highest BCUT2D eigenvalue weighted by Gasteiger charge is 2.15. The largest absolute Gasteiger partial charge is 0.326 e. The summed E-state index contributed by atoms with van der Waals surface area (Å²) in [4.78, 5) is 11.8. The van der Waals surface area contributed by atoms with Crippen molar-refractivity contribution in [2.75, 3.05) is 11.1 Å². The first-order valence-electron chi connectivity index (χ1n) is 6.69. The van der Waals surface area contributed by atoms with Gasteiger partial charge in [-0.25, -0.2) is 0 Å².